The molecule has 1 saturated heterocycles. The van der Waals surface area contributed by atoms with Gasteiger partial charge in [0.15, 0.2) is 22.3 Å². The first-order valence-electron chi connectivity index (χ1n) is 11.6. The SMILES string of the molecule is O=C(Cn1cnc2nc(N3CCC(C(=O)NC4CC4)CC3)sc2c1=O)Nc1ccc2c(c1)OCO2. The first-order valence-corrected chi connectivity index (χ1v) is 12.5. The Labute approximate surface area is 204 Å². The molecule has 0 radical (unpaired) electrons. The maximum absolute atomic E-state index is 13.0. The van der Waals surface area contributed by atoms with E-state index >= 15 is 0 Å². The van der Waals surface area contributed by atoms with Crippen LogP contribution in [0.4, 0.5) is 10.8 Å². The monoisotopic (exact) mass is 496 g/mol. The summed E-state index contributed by atoms with van der Waals surface area (Å²) in [6.07, 6.45) is 5.03. The molecule has 11 nitrogen and oxygen atoms in total. The fourth-order valence-corrected chi connectivity index (χ4v) is 5.31. The van der Waals surface area contributed by atoms with E-state index in [0.717, 1.165) is 25.7 Å². The van der Waals surface area contributed by atoms with Gasteiger partial charge in [-0.15, -0.1) is 0 Å². The third-order valence-corrected chi connectivity index (χ3v) is 7.50. The van der Waals surface area contributed by atoms with Gasteiger partial charge in [0.1, 0.15) is 17.6 Å². The molecule has 12 heteroatoms. The zero-order valence-corrected chi connectivity index (χ0v) is 19.7. The number of benzene rings is 1. The maximum atomic E-state index is 13.0. The molecule has 182 valence electrons. The van der Waals surface area contributed by atoms with Gasteiger partial charge < -0.3 is 25.0 Å². The summed E-state index contributed by atoms with van der Waals surface area (Å²) in [7, 11) is 0. The Hall–Kier alpha value is -3.67. The third kappa shape index (κ3) is 4.53. The zero-order valence-electron chi connectivity index (χ0n) is 18.9. The van der Waals surface area contributed by atoms with Crippen LogP contribution >= 0.6 is 11.3 Å². The van der Waals surface area contributed by atoms with Gasteiger partial charge in [-0.05, 0) is 37.8 Å². The van der Waals surface area contributed by atoms with Crippen molar-refractivity contribution in [3.63, 3.8) is 0 Å². The highest BCUT2D eigenvalue weighted by Crippen LogP contribution is 2.34. The number of fused-ring (bicyclic) bond motifs is 2. The number of amides is 2. The van der Waals surface area contributed by atoms with Crippen molar-refractivity contribution in [3.05, 3.63) is 34.9 Å². The lowest BCUT2D eigenvalue weighted by Crippen LogP contribution is -2.41. The van der Waals surface area contributed by atoms with Crippen LogP contribution in [0, 0.1) is 5.92 Å². The van der Waals surface area contributed by atoms with Crippen molar-refractivity contribution in [2.75, 3.05) is 30.1 Å². The predicted molar refractivity (Wildman–Crippen MR) is 129 cm³/mol. The highest BCUT2D eigenvalue weighted by Gasteiger charge is 2.31. The van der Waals surface area contributed by atoms with Crippen LogP contribution in [0.25, 0.3) is 10.3 Å². The lowest BCUT2D eigenvalue weighted by molar-refractivity contribution is -0.125. The van der Waals surface area contributed by atoms with Crippen LogP contribution in [-0.4, -0.2) is 52.3 Å². The maximum Gasteiger partial charge on any atom is 0.273 e. The Balaban J connectivity index is 1.11. The molecular weight excluding hydrogens is 472 g/mol. The van der Waals surface area contributed by atoms with Gasteiger partial charge in [-0.2, -0.15) is 4.98 Å². The minimum Gasteiger partial charge on any atom is -0.454 e. The van der Waals surface area contributed by atoms with Crippen molar-refractivity contribution in [1.29, 1.82) is 0 Å². The normalized spacial score (nSPS) is 17.5. The van der Waals surface area contributed by atoms with Crippen molar-refractivity contribution in [3.8, 4) is 11.5 Å². The molecule has 1 aliphatic carbocycles. The molecule has 2 aromatic heterocycles. The number of nitrogens with zero attached hydrogens (tertiary/aromatic N) is 4. The highest BCUT2D eigenvalue weighted by atomic mass is 32.1. The second-order valence-electron chi connectivity index (χ2n) is 8.99. The fraction of sp³-hybridized carbons (Fsp3) is 0.435. The second-order valence-corrected chi connectivity index (χ2v) is 9.96. The van der Waals surface area contributed by atoms with Crippen LogP contribution in [0.15, 0.2) is 29.3 Å². The summed E-state index contributed by atoms with van der Waals surface area (Å²) in [5, 5.41) is 6.57. The summed E-state index contributed by atoms with van der Waals surface area (Å²) in [5.74, 6) is 1.01. The summed E-state index contributed by atoms with van der Waals surface area (Å²) in [5.41, 5.74) is 0.616. The number of nitrogens with one attached hydrogen (secondary N) is 2. The first kappa shape index (κ1) is 21.8. The fourth-order valence-electron chi connectivity index (χ4n) is 4.29. The molecule has 2 N–H and O–H groups in total. The molecule has 6 rings (SSSR count). The van der Waals surface area contributed by atoms with Gasteiger partial charge in [-0.25, -0.2) is 4.98 Å². The van der Waals surface area contributed by atoms with E-state index in [1.807, 2.05) is 0 Å². The van der Waals surface area contributed by atoms with E-state index in [-0.39, 0.29) is 36.6 Å². The van der Waals surface area contributed by atoms with Gasteiger partial charge in [-0.3, -0.25) is 19.0 Å². The molecule has 0 bridgehead atoms. The number of carbonyl (C=O) groups is 2. The molecule has 2 amide bonds. The lowest BCUT2D eigenvalue weighted by atomic mass is 9.96. The van der Waals surface area contributed by atoms with Crippen LogP contribution in [0.5, 0.6) is 11.5 Å². The van der Waals surface area contributed by atoms with Crippen LogP contribution in [-0.2, 0) is 16.1 Å². The highest BCUT2D eigenvalue weighted by molar-refractivity contribution is 7.22. The molecule has 1 aromatic carbocycles. The van der Waals surface area contributed by atoms with Crippen LogP contribution < -0.4 is 30.6 Å². The Morgan fingerprint density at radius 2 is 1.91 bits per heavy atom. The molecule has 3 aromatic rings. The molecule has 4 heterocycles. The molecule has 2 fully saturated rings. The van der Waals surface area contributed by atoms with Crippen molar-refractivity contribution in [1.82, 2.24) is 19.9 Å². The average Bonchev–Trinajstić information content (AvgIpc) is 3.37. The van der Waals surface area contributed by atoms with E-state index < -0.39 is 0 Å². The number of aromatic nitrogens is 3. The van der Waals surface area contributed by atoms with Crippen molar-refractivity contribution >= 4 is 44.3 Å². The number of rotatable bonds is 6. The van der Waals surface area contributed by atoms with Crippen LogP contribution in [0.1, 0.15) is 25.7 Å². The number of thiazole rings is 1. The van der Waals surface area contributed by atoms with Gasteiger partial charge >= 0.3 is 0 Å². The van der Waals surface area contributed by atoms with E-state index in [9.17, 15) is 14.4 Å². The van der Waals surface area contributed by atoms with E-state index in [4.69, 9.17) is 9.47 Å². The third-order valence-electron chi connectivity index (χ3n) is 6.40. The summed E-state index contributed by atoms with van der Waals surface area (Å²) in [6.45, 7) is 1.38. The molecule has 0 unspecified atom stereocenters. The molecule has 0 spiro atoms. The number of piperidine rings is 1. The predicted octanol–water partition coefficient (Wildman–Crippen LogP) is 1.72. The lowest BCUT2D eigenvalue weighted by Gasteiger charge is -2.30. The molecule has 2 aliphatic heterocycles. The van der Waals surface area contributed by atoms with Gasteiger partial charge in [0.25, 0.3) is 5.56 Å². The Morgan fingerprint density at radius 3 is 2.71 bits per heavy atom. The van der Waals surface area contributed by atoms with E-state index in [1.54, 1.807) is 18.2 Å². The van der Waals surface area contributed by atoms with Crippen molar-refractivity contribution < 1.29 is 19.1 Å². The average molecular weight is 497 g/mol. The van der Waals surface area contributed by atoms with E-state index in [2.05, 4.69) is 25.5 Å². The van der Waals surface area contributed by atoms with E-state index in [1.165, 1.54) is 22.2 Å². The zero-order chi connectivity index (χ0) is 23.9. The molecule has 0 atom stereocenters. The Kier molecular flexibility index (Phi) is 5.51. The van der Waals surface area contributed by atoms with Gasteiger partial charge in [0.2, 0.25) is 18.6 Å². The molecule has 1 saturated carbocycles. The second kappa shape index (κ2) is 8.84. The number of hydrogen-bond acceptors (Lipinski definition) is 9. The molecule has 35 heavy (non-hydrogen) atoms. The van der Waals surface area contributed by atoms with Crippen molar-refractivity contribution in [2.24, 2.45) is 5.92 Å². The topological polar surface area (TPSA) is 128 Å². The summed E-state index contributed by atoms with van der Waals surface area (Å²) < 4.78 is 12.3. The number of hydrogen-bond donors (Lipinski definition) is 2. The van der Waals surface area contributed by atoms with E-state index in [0.29, 0.717) is 51.8 Å². The largest absolute Gasteiger partial charge is 0.454 e. The number of anilines is 2. The Morgan fingerprint density at radius 1 is 1.11 bits per heavy atom. The Bertz CT molecular complexity index is 1360. The number of ether oxygens (including phenoxy) is 2. The quantitative estimate of drug-likeness (QED) is 0.528. The van der Waals surface area contributed by atoms with Gasteiger partial charge in [0.05, 0.1) is 0 Å². The molecule has 3 aliphatic rings. The minimum absolute atomic E-state index is 0.0276. The smallest absolute Gasteiger partial charge is 0.273 e. The van der Waals surface area contributed by atoms with Crippen LogP contribution in [0.3, 0.4) is 0 Å². The summed E-state index contributed by atoms with van der Waals surface area (Å²) >= 11 is 1.28. The molecular formula is C23H24N6O5S. The summed E-state index contributed by atoms with van der Waals surface area (Å²) in [4.78, 5) is 48.8. The number of carbonyl (C=O) groups excluding carboxylic acids is 2. The van der Waals surface area contributed by atoms with Gasteiger partial charge in [0, 0.05) is 36.8 Å². The van der Waals surface area contributed by atoms with Crippen LogP contribution in [0.2, 0.25) is 0 Å². The summed E-state index contributed by atoms with van der Waals surface area (Å²) in [6, 6.07) is 5.48. The first-order chi connectivity index (χ1) is 17.0. The van der Waals surface area contributed by atoms with Crippen molar-refractivity contribution in [2.45, 2.75) is 38.3 Å². The van der Waals surface area contributed by atoms with Gasteiger partial charge in [-0.1, -0.05) is 11.3 Å². The standard InChI is InChI=1S/C23H24N6O5S/c30-18(25-15-3-4-16-17(9-15)34-12-33-16)10-29-11-24-20-19(22(29)32)35-23(27-20)28-7-5-13(6-8-28)21(31)26-14-1-2-14/h3-4,9,11,13-14H,1-2,5-8,10,12H2,(H,25,30)(H,26,31). The minimum atomic E-state index is -0.358.